The van der Waals surface area contributed by atoms with Gasteiger partial charge in [-0.3, -0.25) is 8.98 Å². The molecule has 0 bridgehead atoms. The largest absolute Gasteiger partial charge is 0.417 e. The van der Waals surface area contributed by atoms with Gasteiger partial charge < -0.3 is 5.32 Å². The fourth-order valence-corrected chi connectivity index (χ4v) is 4.98. The fourth-order valence-electron chi connectivity index (χ4n) is 3.75. The van der Waals surface area contributed by atoms with Crippen molar-refractivity contribution in [2.75, 3.05) is 6.61 Å². The predicted molar refractivity (Wildman–Crippen MR) is 137 cm³/mol. The molecule has 4 aromatic rings. The van der Waals surface area contributed by atoms with E-state index in [0.717, 1.165) is 40.8 Å². The summed E-state index contributed by atoms with van der Waals surface area (Å²) < 4.78 is 84.8. The maximum atomic E-state index is 13.4. The Kier molecular flexibility index (Phi) is 8.70. The van der Waals surface area contributed by atoms with E-state index in [2.05, 4.69) is 25.6 Å². The standard InChI is InChI=1S/C25H21ClF4N6O4S/c1-14-6-8-17(9-7-14)41(38,39)40-11-10-20-22(34-35-36(20)24-31-12-16(27)13-32-24)15(2)33-23(37)18-4-3-5-19(21(18)26)25(28,29)30/h3-9,12-13,15H,10-11H2,1-2H3,(H,33,37)/t15-/m1/s1. The summed E-state index contributed by atoms with van der Waals surface area (Å²) in [5, 5.41) is 9.73. The van der Waals surface area contributed by atoms with Gasteiger partial charge in [-0.2, -0.15) is 26.3 Å². The second-order valence-corrected chi connectivity index (χ2v) is 10.7. The Morgan fingerprint density at radius 1 is 1.12 bits per heavy atom. The van der Waals surface area contributed by atoms with Gasteiger partial charge in [0.15, 0.2) is 5.82 Å². The molecule has 216 valence electrons. The van der Waals surface area contributed by atoms with Gasteiger partial charge in [-0.25, -0.2) is 14.4 Å². The van der Waals surface area contributed by atoms with Gasteiger partial charge in [0.1, 0.15) is 5.69 Å². The monoisotopic (exact) mass is 612 g/mol. The van der Waals surface area contributed by atoms with Crippen LogP contribution in [0.1, 0.15) is 45.8 Å². The molecule has 0 spiro atoms. The molecule has 2 aromatic heterocycles. The van der Waals surface area contributed by atoms with E-state index in [4.69, 9.17) is 15.8 Å². The zero-order chi connectivity index (χ0) is 29.9. The molecule has 0 aliphatic carbocycles. The van der Waals surface area contributed by atoms with Gasteiger partial charge in [0.25, 0.3) is 22.0 Å². The maximum absolute atomic E-state index is 13.4. The van der Waals surface area contributed by atoms with Crippen LogP contribution in [-0.4, -0.2) is 45.9 Å². The van der Waals surface area contributed by atoms with Crippen LogP contribution in [-0.2, 0) is 26.9 Å². The first-order chi connectivity index (χ1) is 19.3. The van der Waals surface area contributed by atoms with Gasteiger partial charge in [-0.05, 0) is 38.1 Å². The van der Waals surface area contributed by atoms with Crippen molar-refractivity contribution in [1.29, 1.82) is 0 Å². The Morgan fingerprint density at radius 2 is 1.78 bits per heavy atom. The second-order valence-electron chi connectivity index (χ2n) is 8.73. The van der Waals surface area contributed by atoms with Gasteiger partial charge in [0.2, 0.25) is 0 Å². The van der Waals surface area contributed by atoms with Gasteiger partial charge in [-0.1, -0.05) is 40.6 Å². The highest BCUT2D eigenvalue weighted by molar-refractivity contribution is 7.86. The zero-order valence-electron chi connectivity index (χ0n) is 21.4. The van der Waals surface area contributed by atoms with Crippen molar-refractivity contribution in [2.24, 2.45) is 0 Å². The van der Waals surface area contributed by atoms with Crippen molar-refractivity contribution in [2.45, 2.75) is 37.4 Å². The summed E-state index contributed by atoms with van der Waals surface area (Å²) in [7, 11) is -4.13. The summed E-state index contributed by atoms with van der Waals surface area (Å²) in [5.41, 5.74) is -0.446. The van der Waals surface area contributed by atoms with Crippen molar-refractivity contribution in [1.82, 2.24) is 30.3 Å². The smallest absolute Gasteiger partial charge is 0.344 e. The molecule has 41 heavy (non-hydrogen) atoms. The highest BCUT2D eigenvalue weighted by atomic mass is 35.5. The van der Waals surface area contributed by atoms with E-state index >= 15 is 0 Å². The van der Waals surface area contributed by atoms with Crippen LogP contribution in [0, 0.1) is 12.7 Å². The molecule has 2 aromatic carbocycles. The highest BCUT2D eigenvalue weighted by Crippen LogP contribution is 2.36. The molecule has 0 saturated heterocycles. The number of carbonyl (C=O) groups excluding carboxylic acids is 1. The Bertz CT molecular complexity index is 1660. The summed E-state index contributed by atoms with van der Waals surface area (Å²) in [5.74, 6) is -1.76. The molecule has 0 radical (unpaired) electrons. The van der Waals surface area contributed by atoms with E-state index in [-0.39, 0.29) is 28.7 Å². The number of benzene rings is 2. The number of hydrogen-bond acceptors (Lipinski definition) is 8. The van der Waals surface area contributed by atoms with Crippen LogP contribution >= 0.6 is 11.6 Å². The van der Waals surface area contributed by atoms with Crippen molar-refractivity contribution in [3.05, 3.63) is 93.8 Å². The average Bonchev–Trinajstić information content (AvgIpc) is 3.32. The van der Waals surface area contributed by atoms with Crippen LogP contribution in [0.15, 0.2) is 59.8 Å². The molecule has 0 fully saturated rings. The van der Waals surface area contributed by atoms with Crippen LogP contribution < -0.4 is 5.32 Å². The first-order valence-electron chi connectivity index (χ1n) is 11.8. The molecule has 0 saturated carbocycles. The Hall–Kier alpha value is -3.95. The lowest BCUT2D eigenvalue weighted by Crippen LogP contribution is -2.28. The number of carbonyl (C=O) groups is 1. The summed E-state index contributed by atoms with van der Waals surface area (Å²) in [6, 6.07) is 7.97. The van der Waals surface area contributed by atoms with Gasteiger partial charge in [0, 0.05) is 6.42 Å². The number of nitrogens with one attached hydrogen (secondary N) is 1. The molecule has 0 aliphatic rings. The Balaban J connectivity index is 1.60. The number of nitrogens with zero attached hydrogens (tertiary/aromatic N) is 5. The zero-order valence-corrected chi connectivity index (χ0v) is 22.9. The van der Waals surface area contributed by atoms with Gasteiger partial charge in [-0.15, -0.1) is 5.10 Å². The highest BCUT2D eigenvalue weighted by Gasteiger charge is 2.35. The third-order valence-electron chi connectivity index (χ3n) is 5.78. The molecular weight excluding hydrogens is 592 g/mol. The SMILES string of the molecule is Cc1ccc(S(=O)(=O)OCCc2c([C@@H](C)NC(=O)c3cccc(C(F)(F)F)c3Cl)nnn2-c2ncc(F)cn2)cc1. The first kappa shape index (κ1) is 30.0. The summed E-state index contributed by atoms with van der Waals surface area (Å²) >= 11 is 5.88. The number of aryl methyl sites for hydroxylation is 1. The fraction of sp³-hybridized carbons (Fsp3) is 0.240. The maximum Gasteiger partial charge on any atom is 0.417 e. The average molecular weight is 613 g/mol. The van der Waals surface area contributed by atoms with Crippen molar-refractivity contribution in [3.8, 4) is 5.95 Å². The third kappa shape index (κ3) is 6.86. The van der Waals surface area contributed by atoms with E-state index in [1.54, 1.807) is 19.1 Å². The minimum Gasteiger partial charge on any atom is -0.344 e. The number of aromatic nitrogens is 5. The predicted octanol–water partition coefficient (Wildman–Crippen LogP) is 4.62. The topological polar surface area (TPSA) is 129 Å². The van der Waals surface area contributed by atoms with E-state index in [1.165, 1.54) is 19.1 Å². The van der Waals surface area contributed by atoms with Crippen LogP contribution in [0.25, 0.3) is 5.95 Å². The van der Waals surface area contributed by atoms with Crippen LogP contribution in [0.2, 0.25) is 5.02 Å². The molecule has 0 aliphatic heterocycles. The molecule has 2 heterocycles. The molecule has 1 amide bonds. The molecule has 1 atom stereocenters. The third-order valence-corrected chi connectivity index (χ3v) is 7.52. The Morgan fingerprint density at radius 3 is 2.41 bits per heavy atom. The minimum atomic E-state index is -4.77. The lowest BCUT2D eigenvalue weighted by atomic mass is 10.1. The van der Waals surface area contributed by atoms with Gasteiger partial charge >= 0.3 is 6.18 Å². The lowest BCUT2D eigenvalue weighted by molar-refractivity contribution is -0.137. The van der Waals surface area contributed by atoms with Crippen LogP contribution in [0.3, 0.4) is 0 Å². The normalized spacial score (nSPS) is 12.8. The first-order valence-corrected chi connectivity index (χ1v) is 13.6. The van der Waals surface area contributed by atoms with Crippen LogP contribution in [0.5, 0.6) is 0 Å². The Labute approximate surface area is 236 Å². The van der Waals surface area contributed by atoms with Gasteiger partial charge in [0.05, 0.1) is 51.8 Å². The minimum absolute atomic E-state index is 0.0598. The van der Waals surface area contributed by atoms with E-state index < -0.39 is 56.8 Å². The molecule has 16 heteroatoms. The molecule has 4 rings (SSSR count). The van der Waals surface area contributed by atoms with E-state index in [0.29, 0.717) is 0 Å². The van der Waals surface area contributed by atoms with Crippen LogP contribution in [0.4, 0.5) is 17.6 Å². The van der Waals surface area contributed by atoms with Crippen molar-refractivity contribution >= 4 is 27.6 Å². The number of amides is 1. The van der Waals surface area contributed by atoms with Crippen molar-refractivity contribution in [3.63, 3.8) is 0 Å². The van der Waals surface area contributed by atoms with Crippen molar-refractivity contribution < 1.29 is 35.0 Å². The number of hydrogen-bond donors (Lipinski definition) is 1. The molecular formula is C25H21ClF4N6O4S. The summed E-state index contributed by atoms with van der Waals surface area (Å²) in [6.07, 6.45) is -3.15. The number of rotatable bonds is 9. The lowest BCUT2D eigenvalue weighted by Gasteiger charge is -2.16. The summed E-state index contributed by atoms with van der Waals surface area (Å²) in [4.78, 5) is 20.5. The molecule has 10 nitrogen and oxygen atoms in total. The number of alkyl halides is 3. The summed E-state index contributed by atoms with van der Waals surface area (Å²) in [6.45, 7) is 2.88. The number of halogens is 5. The van der Waals surface area contributed by atoms with E-state index in [1.807, 2.05) is 0 Å². The molecule has 1 N–H and O–H groups in total. The van der Waals surface area contributed by atoms with E-state index in [9.17, 15) is 30.8 Å². The second kappa shape index (κ2) is 11.9. The quantitative estimate of drug-likeness (QED) is 0.214. The molecule has 0 unspecified atom stereocenters.